The summed E-state index contributed by atoms with van der Waals surface area (Å²) in [4.78, 5) is 50.6. The molecule has 8 atom stereocenters. The molecule has 0 aromatic carbocycles. The first kappa shape index (κ1) is 30.8. The van der Waals surface area contributed by atoms with E-state index in [1.54, 1.807) is 6.92 Å². The third-order valence-corrected chi connectivity index (χ3v) is 6.92. The number of nitrogens with one attached hydrogen (secondary N) is 3. The van der Waals surface area contributed by atoms with E-state index in [2.05, 4.69) is 16.0 Å². The number of amides is 3. The molecule has 0 saturated heterocycles. The lowest BCUT2D eigenvalue weighted by Crippen LogP contribution is -2.60. The van der Waals surface area contributed by atoms with Gasteiger partial charge in [0.2, 0.25) is 17.7 Å². The zero-order valence-electron chi connectivity index (χ0n) is 21.6. The number of carbonyl (C=O) groups excluding carboxylic acids is 3. The Balaban J connectivity index is 5.69. The van der Waals surface area contributed by atoms with Crippen molar-refractivity contribution in [1.29, 1.82) is 0 Å². The first-order chi connectivity index (χ1) is 15.4. The molecule has 192 valence electrons. The minimum atomic E-state index is -1.12. The smallest absolute Gasteiger partial charge is 0.326 e. The van der Waals surface area contributed by atoms with Gasteiger partial charge in [0.05, 0.1) is 6.04 Å². The van der Waals surface area contributed by atoms with E-state index >= 15 is 0 Å². The van der Waals surface area contributed by atoms with Crippen LogP contribution < -0.4 is 21.7 Å². The molecule has 0 fully saturated rings. The third-order valence-electron chi connectivity index (χ3n) is 6.92. The summed E-state index contributed by atoms with van der Waals surface area (Å²) >= 11 is 0. The normalized spacial score (nSPS) is 18.6. The lowest BCUT2D eigenvalue weighted by atomic mass is 9.93. The molecule has 0 heterocycles. The first-order valence-electron chi connectivity index (χ1n) is 12.2. The number of rotatable bonds is 15. The van der Waals surface area contributed by atoms with E-state index in [9.17, 15) is 24.3 Å². The summed E-state index contributed by atoms with van der Waals surface area (Å²) in [6.45, 7) is 14.9. The molecule has 0 unspecified atom stereocenters. The third kappa shape index (κ3) is 9.31. The molecule has 9 nitrogen and oxygen atoms in total. The van der Waals surface area contributed by atoms with E-state index in [4.69, 9.17) is 5.73 Å². The highest BCUT2D eigenvalue weighted by Crippen LogP contribution is 2.15. The second-order valence-electron chi connectivity index (χ2n) is 9.36. The summed E-state index contributed by atoms with van der Waals surface area (Å²) in [6, 6.07) is -3.58. The highest BCUT2D eigenvalue weighted by molar-refractivity contribution is 5.94. The van der Waals surface area contributed by atoms with E-state index in [-0.39, 0.29) is 23.7 Å². The molecule has 0 aliphatic rings. The number of hydrogen-bond acceptors (Lipinski definition) is 5. The number of aliphatic carboxylic acids is 1. The molecule has 0 spiro atoms. The molecule has 0 aromatic rings. The number of carboxylic acids is 1. The van der Waals surface area contributed by atoms with Crippen molar-refractivity contribution in [3.05, 3.63) is 0 Å². The van der Waals surface area contributed by atoms with Crippen LogP contribution in [0.3, 0.4) is 0 Å². The summed E-state index contributed by atoms with van der Waals surface area (Å²) in [5.41, 5.74) is 6.04. The monoisotopic (exact) mass is 470 g/mol. The van der Waals surface area contributed by atoms with Gasteiger partial charge in [-0.3, -0.25) is 14.4 Å². The Hall–Kier alpha value is -2.16. The summed E-state index contributed by atoms with van der Waals surface area (Å²) in [7, 11) is 0. The maximum atomic E-state index is 13.2. The highest BCUT2D eigenvalue weighted by atomic mass is 16.4. The molecule has 0 aliphatic heterocycles. The van der Waals surface area contributed by atoms with Crippen LogP contribution in [0.2, 0.25) is 0 Å². The minimum Gasteiger partial charge on any atom is -0.480 e. The van der Waals surface area contributed by atoms with Gasteiger partial charge in [0.25, 0.3) is 0 Å². The second-order valence-corrected chi connectivity index (χ2v) is 9.36. The number of carbonyl (C=O) groups is 4. The van der Waals surface area contributed by atoms with Gasteiger partial charge in [0.1, 0.15) is 18.1 Å². The predicted octanol–water partition coefficient (Wildman–Crippen LogP) is 2.04. The fraction of sp³-hybridized carbons (Fsp3) is 0.833. The number of hydrogen-bond donors (Lipinski definition) is 5. The molecular weight excluding hydrogens is 424 g/mol. The van der Waals surface area contributed by atoms with Crippen LogP contribution in [-0.2, 0) is 19.2 Å². The zero-order valence-corrected chi connectivity index (χ0v) is 21.6. The predicted molar refractivity (Wildman–Crippen MR) is 129 cm³/mol. The highest BCUT2D eigenvalue weighted by Gasteiger charge is 2.35. The van der Waals surface area contributed by atoms with E-state index in [1.165, 1.54) is 0 Å². The summed E-state index contributed by atoms with van der Waals surface area (Å²) in [5.74, 6) is -3.29. The summed E-state index contributed by atoms with van der Waals surface area (Å²) < 4.78 is 0. The van der Waals surface area contributed by atoms with Crippen LogP contribution in [-0.4, -0.2) is 53.0 Å². The summed E-state index contributed by atoms with van der Waals surface area (Å²) in [5, 5.41) is 17.7. The maximum absolute atomic E-state index is 13.2. The van der Waals surface area contributed by atoms with Gasteiger partial charge in [0, 0.05) is 0 Å². The molecule has 33 heavy (non-hydrogen) atoms. The van der Waals surface area contributed by atoms with Crippen molar-refractivity contribution < 1.29 is 24.3 Å². The largest absolute Gasteiger partial charge is 0.480 e. The molecule has 0 radical (unpaired) electrons. The van der Waals surface area contributed by atoms with Crippen LogP contribution in [0.15, 0.2) is 0 Å². The summed E-state index contributed by atoms with van der Waals surface area (Å²) in [6.07, 6.45) is 2.53. The van der Waals surface area contributed by atoms with Gasteiger partial charge in [-0.15, -0.1) is 0 Å². The van der Waals surface area contributed by atoms with Gasteiger partial charge in [-0.2, -0.15) is 0 Å². The lowest BCUT2D eigenvalue weighted by Gasteiger charge is -2.31. The molecule has 0 rings (SSSR count). The second kappa shape index (κ2) is 14.9. The lowest BCUT2D eigenvalue weighted by molar-refractivity contribution is -0.144. The Morgan fingerprint density at radius 3 is 1.24 bits per heavy atom. The first-order valence-corrected chi connectivity index (χ1v) is 12.2. The Morgan fingerprint density at radius 1 is 0.606 bits per heavy atom. The quantitative estimate of drug-likeness (QED) is 0.247. The van der Waals surface area contributed by atoms with E-state index in [0.717, 1.165) is 6.42 Å². The molecule has 0 bridgehead atoms. The van der Waals surface area contributed by atoms with Crippen molar-refractivity contribution in [3.8, 4) is 0 Å². The van der Waals surface area contributed by atoms with Crippen LogP contribution >= 0.6 is 0 Å². The van der Waals surface area contributed by atoms with Crippen molar-refractivity contribution in [2.45, 2.75) is 105 Å². The van der Waals surface area contributed by atoms with Crippen LogP contribution in [0.5, 0.6) is 0 Å². The fourth-order valence-corrected chi connectivity index (χ4v) is 3.33. The van der Waals surface area contributed by atoms with E-state index < -0.39 is 47.9 Å². The van der Waals surface area contributed by atoms with Crippen molar-refractivity contribution in [1.82, 2.24) is 16.0 Å². The van der Waals surface area contributed by atoms with Gasteiger partial charge < -0.3 is 26.8 Å². The molecule has 3 amide bonds. The van der Waals surface area contributed by atoms with Gasteiger partial charge >= 0.3 is 5.97 Å². The standard InChI is InChI=1S/C24H46N4O5/c1-9-13(5)17(25)21(29)26-18(14(6)10-2)22(30)27-19(15(7)11-3)23(31)28-20(24(32)33)16(8)12-4/h13-20H,9-12,25H2,1-8H3,(H,26,29)(H,27,30)(H,28,31)(H,32,33)/t13-,14-,15-,16-,17-,18-,19-,20-/m0/s1. The molecular formula is C24H46N4O5. The fourth-order valence-electron chi connectivity index (χ4n) is 3.33. The molecule has 0 aromatic heterocycles. The number of carboxylic acid groups (broad SMARTS) is 1. The van der Waals surface area contributed by atoms with E-state index in [0.29, 0.717) is 19.3 Å². The SMILES string of the molecule is CC[C@H](C)[C@H](N)C(=O)N[C@H](C(=O)N[C@H](C(=O)N[C@H](C(=O)O)[C@@H](C)CC)[C@@H](C)CC)[C@@H](C)CC. The van der Waals surface area contributed by atoms with Crippen molar-refractivity contribution >= 4 is 23.7 Å². The van der Waals surface area contributed by atoms with Crippen molar-refractivity contribution in [3.63, 3.8) is 0 Å². The van der Waals surface area contributed by atoms with Crippen LogP contribution in [0.4, 0.5) is 0 Å². The zero-order chi connectivity index (χ0) is 25.9. The van der Waals surface area contributed by atoms with E-state index in [1.807, 2.05) is 48.5 Å². The van der Waals surface area contributed by atoms with Gasteiger partial charge in [-0.05, 0) is 23.7 Å². The molecule has 9 heteroatoms. The van der Waals surface area contributed by atoms with Gasteiger partial charge in [0.15, 0.2) is 0 Å². The average molecular weight is 471 g/mol. The Bertz CT molecular complexity index is 657. The maximum Gasteiger partial charge on any atom is 0.326 e. The minimum absolute atomic E-state index is 0.0437. The Morgan fingerprint density at radius 2 is 0.909 bits per heavy atom. The van der Waals surface area contributed by atoms with Crippen LogP contribution in [0, 0.1) is 23.7 Å². The Labute approximate surface area is 199 Å². The van der Waals surface area contributed by atoms with Crippen molar-refractivity contribution in [2.24, 2.45) is 29.4 Å². The van der Waals surface area contributed by atoms with Crippen LogP contribution in [0.25, 0.3) is 0 Å². The Kier molecular flexibility index (Phi) is 13.9. The molecule has 0 saturated carbocycles. The van der Waals surface area contributed by atoms with Gasteiger partial charge in [-0.1, -0.05) is 81.1 Å². The van der Waals surface area contributed by atoms with Gasteiger partial charge in [-0.25, -0.2) is 4.79 Å². The number of nitrogens with two attached hydrogens (primary N) is 1. The molecule has 0 aliphatic carbocycles. The topological polar surface area (TPSA) is 151 Å². The average Bonchev–Trinajstić information content (AvgIpc) is 2.80. The van der Waals surface area contributed by atoms with Crippen LogP contribution in [0.1, 0.15) is 81.1 Å². The molecule has 6 N–H and O–H groups in total. The van der Waals surface area contributed by atoms with Crippen molar-refractivity contribution in [2.75, 3.05) is 0 Å².